The SMILES string of the molecule is CC(C)(C)OC(=O)N1CC2(CN[C@H]2c2ccoc2)C1. The molecule has 1 aromatic heterocycles. The second-order valence-electron chi connectivity index (χ2n) is 6.57. The molecule has 1 atom stereocenters. The van der Waals surface area contributed by atoms with E-state index in [0.717, 1.165) is 25.2 Å². The highest BCUT2D eigenvalue weighted by Crippen LogP contribution is 2.48. The molecule has 0 aromatic carbocycles. The number of nitrogens with zero attached hydrogens (tertiary/aromatic N) is 1. The predicted octanol–water partition coefficient (Wildman–Crippen LogP) is 2.16. The molecular formula is C14H20N2O3. The van der Waals surface area contributed by atoms with Crippen LogP contribution in [0.2, 0.25) is 0 Å². The predicted molar refractivity (Wildman–Crippen MR) is 69.7 cm³/mol. The van der Waals surface area contributed by atoms with Crippen LogP contribution in [0.3, 0.4) is 0 Å². The number of hydrogen-bond donors (Lipinski definition) is 1. The zero-order chi connectivity index (χ0) is 13.7. The van der Waals surface area contributed by atoms with Gasteiger partial charge in [0, 0.05) is 36.7 Å². The summed E-state index contributed by atoms with van der Waals surface area (Å²) in [7, 11) is 0. The number of carbonyl (C=O) groups is 1. The van der Waals surface area contributed by atoms with Crippen molar-refractivity contribution in [2.75, 3.05) is 19.6 Å². The van der Waals surface area contributed by atoms with Gasteiger partial charge >= 0.3 is 6.09 Å². The zero-order valence-electron chi connectivity index (χ0n) is 11.6. The Labute approximate surface area is 112 Å². The maximum atomic E-state index is 11.9. The van der Waals surface area contributed by atoms with Gasteiger partial charge in [0.25, 0.3) is 0 Å². The fourth-order valence-electron chi connectivity index (χ4n) is 2.87. The molecule has 1 aromatic rings. The zero-order valence-corrected chi connectivity index (χ0v) is 11.6. The third-order valence-corrected chi connectivity index (χ3v) is 3.81. The van der Waals surface area contributed by atoms with Gasteiger partial charge in [-0.05, 0) is 26.8 Å². The van der Waals surface area contributed by atoms with Crippen LogP contribution in [-0.4, -0.2) is 36.2 Å². The molecule has 3 heterocycles. The maximum Gasteiger partial charge on any atom is 0.410 e. The van der Waals surface area contributed by atoms with E-state index in [4.69, 9.17) is 9.15 Å². The number of ether oxygens (including phenoxy) is 1. The van der Waals surface area contributed by atoms with Crippen LogP contribution >= 0.6 is 0 Å². The standard InChI is InChI=1S/C14H20N2O3/c1-13(2,3)19-12(17)16-8-14(9-16)7-15-11(14)10-4-5-18-6-10/h4-6,11,15H,7-9H2,1-3H3/t11-/m0/s1. The van der Waals surface area contributed by atoms with Crippen molar-refractivity contribution in [3.8, 4) is 0 Å². The van der Waals surface area contributed by atoms with Gasteiger partial charge in [0.05, 0.1) is 12.5 Å². The fourth-order valence-corrected chi connectivity index (χ4v) is 2.87. The fraction of sp³-hybridized carbons (Fsp3) is 0.643. The second-order valence-corrected chi connectivity index (χ2v) is 6.57. The number of likely N-dealkylation sites (tertiary alicyclic amines) is 1. The molecule has 0 aliphatic carbocycles. The average molecular weight is 264 g/mol. The highest BCUT2D eigenvalue weighted by atomic mass is 16.6. The maximum absolute atomic E-state index is 11.9. The summed E-state index contributed by atoms with van der Waals surface area (Å²) in [6.07, 6.45) is 3.25. The lowest BCUT2D eigenvalue weighted by Crippen LogP contribution is -2.73. The Hall–Kier alpha value is -1.49. The van der Waals surface area contributed by atoms with Crippen LogP contribution in [0.1, 0.15) is 32.4 Å². The van der Waals surface area contributed by atoms with Gasteiger partial charge < -0.3 is 19.4 Å². The molecule has 0 unspecified atom stereocenters. The monoisotopic (exact) mass is 264 g/mol. The van der Waals surface area contributed by atoms with E-state index < -0.39 is 5.60 Å². The van der Waals surface area contributed by atoms with Crippen molar-refractivity contribution < 1.29 is 13.9 Å². The van der Waals surface area contributed by atoms with Crippen LogP contribution in [0.4, 0.5) is 4.79 Å². The summed E-state index contributed by atoms with van der Waals surface area (Å²) in [5, 5.41) is 3.41. The molecule has 5 nitrogen and oxygen atoms in total. The number of amides is 1. The highest BCUT2D eigenvalue weighted by Gasteiger charge is 2.57. The van der Waals surface area contributed by atoms with Crippen molar-refractivity contribution >= 4 is 6.09 Å². The van der Waals surface area contributed by atoms with Crippen LogP contribution in [0, 0.1) is 5.41 Å². The molecule has 3 rings (SSSR count). The van der Waals surface area contributed by atoms with Gasteiger partial charge in [0.15, 0.2) is 0 Å². The molecule has 1 N–H and O–H groups in total. The normalized spacial score (nSPS) is 24.8. The van der Waals surface area contributed by atoms with Crippen LogP contribution in [0.15, 0.2) is 23.0 Å². The van der Waals surface area contributed by atoms with Crippen LogP contribution in [0.5, 0.6) is 0 Å². The number of carbonyl (C=O) groups excluding carboxylic acids is 1. The van der Waals surface area contributed by atoms with Gasteiger partial charge in [-0.3, -0.25) is 0 Å². The van der Waals surface area contributed by atoms with E-state index in [1.165, 1.54) is 0 Å². The largest absolute Gasteiger partial charge is 0.472 e. The molecule has 0 bridgehead atoms. The van der Waals surface area contributed by atoms with Crippen LogP contribution in [-0.2, 0) is 4.74 Å². The first kappa shape index (κ1) is 12.5. The first-order valence-electron chi connectivity index (χ1n) is 6.63. The number of rotatable bonds is 1. The van der Waals surface area contributed by atoms with E-state index >= 15 is 0 Å². The molecule has 5 heteroatoms. The van der Waals surface area contributed by atoms with Gasteiger partial charge in [0.1, 0.15) is 5.60 Å². The van der Waals surface area contributed by atoms with Gasteiger partial charge in [-0.2, -0.15) is 0 Å². The molecule has 2 fully saturated rings. The molecule has 19 heavy (non-hydrogen) atoms. The smallest absolute Gasteiger partial charge is 0.410 e. The summed E-state index contributed by atoms with van der Waals surface area (Å²) in [6, 6.07) is 2.28. The molecule has 1 amide bonds. The summed E-state index contributed by atoms with van der Waals surface area (Å²) >= 11 is 0. The molecule has 2 saturated heterocycles. The first-order valence-corrected chi connectivity index (χ1v) is 6.63. The summed E-state index contributed by atoms with van der Waals surface area (Å²) in [5.74, 6) is 0. The Morgan fingerprint density at radius 2 is 2.26 bits per heavy atom. The minimum atomic E-state index is -0.429. The quantitative estimate of drug-likeness (QED) is 0.844. The first-order chi connectivity index (χ1) is 8.90. The van der Waals surface area contributed by atoms with Gasteiger partial charge in [-0.1, -0.05) is 0 Å². The summed E-state index contributed by atoms with van der Waals surface area (Å²) in [5.41, 5.74) is 0.901. The molecule has 1 spiro atoms. The van der Waals surface area contributed by atoms with Crippen molar-refractivity contribution in [1.82, 2.24) is 10.2 Å². The summed E-state index contributed by atoms with van der Waals surface area (Å²) < 4.78 is 10.5. The van der Waals surface area contributed by atoms with E-state index in [0.29, 0.717) is 6.04 Å². The number of furan rings is 1. The summed E-state index contributed by atoms with van der Waals surface area (Å²) in [4.78, 5) is 13.7. The second kappa shape index (κ2) is 4.00. The highest BCUT2D eigenvalue weighted by molar-refractivity contribution is 5.69. The third kappa shape index (κ3) is 2.12. The van der Waals surface area contributed by atoms with E-state index in [-0.39, 0.29) is 11.5 Å². The molecule has 0 radical (unpaired) electrons. The molecular weight excluding hydrogens is 244 g/mol. The van der Waals surface area contributed by atoms with Crippen molar-refractivity contribution in [2.24, 2.45) is 5.41 Å². The Morgan fingerprint density at radius 1 is 1.53 bits per heavy atom. The Morgan fingerprint density at radius 3 is 2.74 bits per heavy atom. The minimum Gasteiger partial charge on any atom is -0.472 e. The minimum absolute atomic E-state index is 0.167. The molecule has 0 saturated carbocycles. The van der Waals surface area contributed by atoms with Crippen LogP contribution in [0.25, 0.3) is 0 Å². The van der Waals surface area contributed by atoms with E-state index in [2.05, 4.69) is 5.32 Å². The van der Waals surface area contributed by atoms with E-state index in [1.54, 1.807) is 17.4 Å². The van der Waals surface area contributed by atoms with E-state index in [1.807, 2.05) is 26.8 Å². The van der Waals surface area contributed by atoms with Crippen molar-refractivity contribution in [2.45, 2.75) is 32.4 Å². The summed E-state index contributed by atoms with van der Waals surface area (Å²) in [6.45, 7) is 8.12. The Kier molecular flexibility index (Phi) is 2.64. The van der Waals surface area contributed by atoms with Crippen molar-refractivity contribution in [1.29, 1.82) is 0 Å². The van der Waals surface area contributed by atoms with Gasteiger partial charge in [-0.15, -0.1) is 0 Å². The molecule has 104 valence electrons. The third-order valence-electron chi connectivity index (χ3n) is 3.81. The number of hydrogen-bond acceptors (Lipinski definition) is 4. The van der Waals surface area contributed by atoms with Crippen LogP contribution < -0.4 is 5.32 Å². The average Bonchev–Trinajstić information content (AvgIpc) is 2.63. The lowest BCUT2D eigenvalue weighted by Gasteiger charge is -2.60. The Balaban J connectivity index is 1.59. The molecule has 2 aliphatic heterocycles. The van der Waals surface area contributed by atoms with E-state index in [9.17, 15) is 4.79 Å². The number of nitrogens with one attached hydrogen (secondary N) is 1. The molecule has 2 aliphatic rings. The lowest BCUT2D eigenvalue weighted by molar-refractivity contribution is -0.0855. The Bertz CT molecular complexity index is 469. The topological polar surface area (TPSA) is 54.7 Å². The lowest BCUT2D eigenvalue weighted by atomic mass is 9.66. The van der Waals surface area contributed by atoms with Crippen molar-refractivity contribution in [3.63, 3.8) is 0 Å². The van der Waals surface area contributed by atoms with Gasteiger partial charge in [0.2, 0.25) is 0 Å². The van der Waals surface area contributed by atoms with Crippen molar-refractivity contribution in [3.05, 3.63) is 24.2 Å². The van der Waals surface area contributed by atoms with Gasteiger partial charge in [-0.25, -0.2) is 4.79 Å².